The molecular formula is C8H5F3O5S. The maximum absolute atomic E-state index is 11.9. The smallest absolute Gasteiger partial charge is 0.335 e. The molecule has 0 bridgehead atoms. The van der Waals surface area contributed by atoms with E-state index in [0.717, 1.165) is 6.08 Å². The summed E-state index contributed by atoms with van der Waals surface area (Å²) in [6.45, 7) is 0. The molecule has 0 fully saturated rings. The van der Waals surface area contributed by atoms with Gasteiger partial charge < -0.3 is 4.18 Å². The zero-order valence-corrected chi connectivity index (χ0v) is 8.84. The van der Waals surface area contributed by atoms with Gasteiger partial charge in [-0.2, -0.15) is 21.6 Å². The Bertz CT molecular complexity index is 512. The monoisotopic (exact) mass is 270 g/mol. The van der Waals surface area contributed by atoms with Crippen LogP contribution in [0.2, 0.25) is 0 Å². The van der Waals surface area contributed by atoms with Crippen molar-refractivity contribution in [2.75, 3.05) is 0 Å². The number of ketones is 1. The first kappa shape index (κ1) is 13.4. The molecule has 94 valence electrons. The standard InChI is InChI=1S/C8H5F3O5S/c9-8(10,11)17(14,15)16-7(13)5-3-1-2-4-6(5)12/h1-3H,4H2. The molecule has 1 rings (SSSR count). The van der Waals surface area contributed by atoms with E-state index in [2.05, 4.69) is 4.18 Å². The Morgan fingerprint density at radius 2 is 1.94 bits per heavy atom. The molecule has 0 radical (unpaired) electrons. The third kappa shape index (κ3) is 2.93. The first-order valence-corrected chi connectivity index (χ1v) is 5.51. The molecule has 0 aromatic heterocycles. The van der Waals surface area contributed by atoms with Crippen LogP contribution in [0.4, 0.5) is 13.2 Å². The van der Waals surface area contributed by atoms with Gasteiger partial charge in [0.1, 0.15) is 5.57 Å². The quantitative estimate of drug-likeness (QED) is 0.422. The van der Waals surface area contributed by atoms with Crippen molar-refractivity contribution in [3.8, 4) is 0 Å². The van der Waals surface area contributed by atoms with Gasteiger partial charge in [0.25, 0.3) is 0 Å². The van der Waals surface area contributed by atoms with Crippen LogP contribution >= 0.6 is 0 Å². The highest BCUT2D eigenvalue weighted by atomic mass is 32.2. The van der Waals surface area contributed by atoms with E-state index in [9.17, 15) is 31.2 Å². The Hall–Kier alpha value is -1.64. The van der Waals surface area contributed by atoms with Gasteiger partial charge in [0.15, 0.2) is 5.78 Å². The van der Waals surface area contributed by atoms with E-state index in [0.29, 0.717) is 0 Å². The van der Waals surface area contributed by atoms with E-state index in [1.54, 1.807) is 0 Å². The van der Waals surface area contributed by atoms with Crippen molar-refractivity contribution in [3.05, 3.63) is 23.8 Å². The summed E-state index contributed by atoms with van der Waals surface area (Å²) < 4.78 is 59.9. The lowest BCUT2D eigenvalue weighted by Crippen LogP contribution is -2.30. The number of halogens is 3. The molecule has 1 aliphatic rings. The molecule has 0 aromatic rings. The van der Waals surface area contributed by atoms with Crippen molar-refractivity contribution >= 4 is 21.9 Å². The van der Waals surface area contributed by atoms with Gasteiger partial charge in [-0.05, 0) is 6.08 Å². The second kappa shape index (κ2) is 4.32. The van der Waals surface area contributed by atoms with Gasteiger partial charge in [-0.3, -0.25) is 4.79 Å². The largest absolute Gasteiger partial charge is 0.534 e. The number of rotatable bonds is 2. The molecule has 17 heavy (non-hydrogen) atoms. The SMILES string of the molecule is O=C1CC=CC=C1C(=O)OS(=O)(=O)C(F)(F)F. The Morgan fingerprint density at radius 1 is 1.35 bits per heavy atom. The molecule has 0 spiro atoms. The van der Waals surface area contributed by atoms with Gasteiger partial charge in [0.2, 0.25) is 0 Å². The van der Waals surface area contributed by atoms with Crippen molar-refractivity contribution in [2.45, 2.75) is 11.9 Å². The maximum atomic E-state index is 11.9. The van der Waals surface area contributed by atoms with E-state index in [1.165, 1.54) is 12.2 Å². The molecule has 0 aromatic carbocycles. The molecule has 0 saturated carbocycles. The highest BCUT2D eigenvalue weighted by Gasteiger charge is 2.50. The van der Waals surface area contributed by atoms with Crippen molar-refractivity contribution in [2.24, 2.45) is 0 Å². The topological polar surface area (TPSA) is 77.5 Å². The fourth-order valence-corrected chi connectivity index (χ4v) is 1.30. The number of alkyl halides is 3. The minimum absolute atomic E-state index is 0.201. The minimum atomic E-state index is -6.04. The van der Waals surface area contributed by atoms with Gasteiger partial charge in [-0.1, -0.05) is 12.2 Å². The minimum Gasteiger partial charge on any atom is -0.335 e. The summed E-state index contributed by atoms with van der Waals surface area (Å²) >= 11 is 0. The van der Waals surface area contributed by atoms with Crippen LogP contribution in [0.1, 0.15) is 6.42 Å². The third-order valence-electron chi connectivity index (χ3n) is 1.69. The van der Waals surface area contributed by atoms with Crippen LogP contribution in [0, 0.1) is 0 Å². The summed E-state index contributed by atoms with van der Waals surface area (Å²) in [7, 11) is -6.04. The lowest BCUT2D eigenvalue weighted by atomic mass is 10.0. The van der Waals surface area contributed by atoms with Crippen molar-refractivity contribution in [1.82, 2.24) is 0 Å². The van der Waals surface area contributed by atoms with Crippen LogP contribution in [0.3, 0.4) is 0 Å². The summed E-state index contributed by atoms with van der Waals surface area (Å²) in [5, 5.41) is 0. The van der Waals surface area contributed by atoms with Crippen LogP contribution in [0.5, 0.6) is 0 Å². The number of carbonyl (C=O) groups excluding carboxylic acids is 2. The number of hydrogen-bond acceptors (Lipinski definition) is 5. The van der Waals surface area contributed by atoms with Crippen molar-refractivity contribution < 1.29 is 35.4 Å². The molecule has 5 nitrogen and oxygen atoms in total. The fourth-order valence-electron chi connectivity index (χ4n) is 0.916. The Morgan fingerprint density at radius 3 is 2.41 bits per heavy atom. The first-order chi connectivity index (χ1) is 7.65. The maximum Gasteiger partial charge on any atom is 0.534 e. The summed E-state index contributed by atoms with van der Waals surface area (Å²) in [5.74, 6) is -2.65. The van der Waals surface area contributed by atoms with Gasteiger partial charge in [0, 0.05) is 6.42 Å². The van der Waals surface area contributed by atoms with Crippen LogP contribution in [0.25, 0.3) is 0 Å². The highest BCUT2D eigenvalue weighted by Crippen LogP contribution is 2.25. The lowest BCUT2D eigenvalue weighted by molar-refractivity contribution is -0.134. The van der Waals surface area contributed by atoms with Gasteiger partial charge in [0.05, 0.1) is 0 Å². The number of hydrogen-bond donors (Lipinski definition) is 0. The van der Waals surface area contributed by atoms with Crippen molar-refractivity contribution in [1.29, 1.82) is 0 Å². The highest BCUT2D eigenvalue weighted by molar-refractivity contribution is 7.88. The first-order valence-electron chi connectivity index (χ1n) is 4.10. The normalized spacial score (nSPS) is 16.6. The summed E-state index contributed by atoms with van der Waals surface area (Å²) in [5.41, 5.74) is -6.45. The molecule has 0 atom stereocenters. The molecule has 0 N–H and O–H groups in total. The lowest BCUT2D eigenvalue weighted by Gasteiger charge is -2.10. The molecule has 9 heteroatoms. The van der Waals surface area contributed by atoms with Gasteiger partial charge in [-0.25, -0.2) is 4.79 Å². The van der Waals surface area contributed by atoms with E-state index in [-0.39, 0.29) is 6.42 Å². The molecule has 1 aliphatic carbocycles. The van der Waals surface area contributed by atoms with Crippen LogP contribution in [0.15, 0.2) is 23.8 Å². The molecule has 0 saturated heterocycles. The second-order valence-electron chi connectivity index (χ2n) is 2.91. The second-order valence-corrected chi connectivity index (χ2v) is 4.44. The summed E-state index contributed by atoms with van der Waals surface area (Å²) in [4.78, 5) is 22.1. The van der Waals surface area contributed by atoms with Gasteiger partial charge in [-0.15, -0.1) is 0 Å². The molecule has 0 aliphatic heterocycles. The predicted octanol–water partition coefficient (Wildman–Crippen LogP) is 0.835. The molecule has 0 amide bonds. The third-order valence-corrected chi connectivity index (χ3v) is 2.63. The van der Waals surface area contributed by atoms with E-state index in [1.807, 2.05) is 0 Å². The molecular weight excluding hydrogens is 265 g/mol. The number of allylic oxidation sites excluding steroid dienone is 3. The predicted molar refractivity (Wildman–Crippen MR) is 47.9 cm³/mol. The molecule has 0 unspecified atom stereocenters. The Balaban J connectivity index is 2.92. The Labute approximate surface area is 93.7 Å². The zero-order chi connectivity index (χ0) is 13.3. The number of Topliss-reactive ketones (excluding diaryl/α,β-unsaturated/α-hetero) is 1. The van der Waals surface area contributed by atoms with Gasteiger partial charge >= 0.3 is 21.6 Å². The number of carbonyl (C=O) groups is 2. The van der Waals surface area contributed by atoms with Crippen molar-refractivity contribution in [3.63, 3.8) is 0 Å². The Kier molecular flexibility index (Phi) is 3.41. The van der Waals surface area contributed by atoms with Crippen LogP contribution in [-0.2, 0) is 23.9 Å². The summed E-state index contributed by atoms with van der Waals surface area (Å²) in [6, 6.07) is 0. The van der Waals surface area contributed by atoms with E-state index < -0.39 is 33.0 Å². The van der Waals surface area contributed by atoms with Crippen LogP contribution < -0.4 is 0 Å². The fraction of sp³-hybridized carbons (Fsp3) is 0.250. The zero-order valence-electron chi connectivity index (χ0n) is 8.02. The molecule has 0 heterocycles. The summed E-state index contributed by atoms with van der Waals surface area (Å²) in [6.07, 6.45) is 3.28. The van der Waals surface area contributed by atoms with E-state index >= 15 is 0 Å². The van der Waals surface area contributed by atoms with E-state index in [4.69, 9.17) is 0 Å². The van der Waals surface area contributed by atoms with Crippen LogP contribution in [-0.4, -0.2) is 25.7 Å². The average Bonchev–Trinajstić information content (AvgIpc) is 2.15. The average molecular weight is 270 g/mol.